The van der Waals surface area contributed by atoms with E-state index in [1.807, 2.05) is 26.1 Å². The number of rotatable bonds is 4. The Morgan fingerprint density at radius 1 is 1.27 bits per heavy atom. The molecule has 1 aliphatic carbocycles. The molecule has 1 saturated heterocycles. The van der Waals surface area contributed by atoms with Gasteiger partial charge >= 0.3 is 0 Å². The number of aryl methyl sites for hydroxylation is 1. The molecule has 134 valence electrons. The molecule has 4 heterocycles. The standard InChI is InChI=1S/C17H19N7O2/c1-10-18-19-15-5-6-16(20-24(10)15)23-8-12(9-23)22(2)17(25)13-7-14(26-21-13)11-3-4-11/h5-7,11-12H,3-4,8-9H2,1-2H3. The SMILES string of the molecule is Cc1nnc2ccc(N3CC(N(C)C(=O)c4cc(C5CC5)on4)C3)nn12. The third-order valence-electron chi connectivity index (χ3n) is 5.19. The Morgan fingerprint density at radius 2 is 2.08 bits per heavy atom. The predicted octanol–water partition coefficient (Wildman–Crippen LogP) is 1.26. The van der Waals surface area contributed by atoms with Gasteiger partial charge in [0.25, 0.3) is 5.91 Å². The average Bonchev–Trinajstić information content (AvgIpc) is 3.23. The van der Waals surface area contributed by atoms with Gasteiger partial charge in [-0.3, -0.25) is 4.79 Å². The summed E-state index contributed by atoms with van der Waals surface area (Å²) in [7, 11) is 1.82. The molecular formula is C17H19N7O2. The van der Waals surface area contributed by atoms with Gasteiger partial charge in [0.15, 0.2) is 17.2 Å². The van der Waals surface area contributed by atoms with Gasteiger partial charge in [0, 0.05) is 32.1 Å². The van der Waals surface area contributed by atoms with E-state index in [1.54, 1.807) is 15.5 Å². The van der Waals surface area contributed by atoms with Gasteiger partial charge in [0.05, 0.1) is 6.04 Å². The van der Waals surface area contributed by atoms with Gasteiger partial charge in [-0.1, -0.05) is 5.16 Å². The van der Waals surface area contributed by atoms with Crippen LogP contribution in [0.5, 0.6) is 0 Å². The van der Waals surface area contributed by atoms with Crippen molar-refractivity contribution in [3.63, 3.8) is 0 Å². The first kappa shape index (κ1) is 15.3. The minimum absolute atomic E-state index is 0.0941. The summed E-state index contributed by atoms with van der Waals surface area (Å²) in [5, 5.41) is 16.6. The third kappa shape index (κ3) is 2.42. The highest BCUT2D eigenvalue weighted by Gasteiger charge is 2.35. The lowest BCUT2D eigenvalue weighted by Gasteiger charge is -2.44. The molecule has 9 heteroatoms. The largest absolute Gasteiger partial charge is 0.360 e. The van der Waals surface area contributed by atoms with E-state index < -0.39 is 0 Å². The van der Waals surface area contributed by atoms with Gasteiger partial charge < -0.3 is 14.3 Å². The van der Waals surface area contributed by atoms with Crippen molar-refractivity contribution in [2.24, 2.45) is 0 Å². The molecule has 0 spiro atoms. The lowest BCUT2D eigenvalue weighted by atomic mass is 10.1. The lowest BCUT2D eigenvalue weighted by Crippen LogP contribution is -2.60. The zero-order chi connectivity index (χ0) is 17.8. The normalized spacial score (nSPS) is 17.5. The van der Waals surface area contributed by atoms with Crippen LogP contribution in [0, 0.1) is 6.92 Å². The number of anilines is 1. The summed E-state index contributed by atoms with van der Waals surface area (Å²) in [4.78, 5) is 16.5. The van der Waals surface area contributed by atoms with Crippen molar-refractivity contribution in [1.82, 2.24) is 29.9 Å². The number of amides is 1. The zero-order valence-corrected chi connectivity index (χ0v) is 14.7. The predicted molar refractivity (Wildman–Crippen MR) is 92.1 cm³/mol. The molecular weight excluding hydrogens is 334 g/mol. The van der Waals surface area contributed by atoms with E-state index in [2.05, 4.69) is 25.4 Å². The molecule has 0 aromatic carbocycles. The topological polar surface area (TPSA) is 92.7 Å². The molecule has 2 fully saturated rings. The van der Waals surface area contributed by atoms with Crippen LogP contribution in [0.15, 0.2) is 22.7 Å². The summed E-state index contributed by atoms with van der Waals surface area (Å²) in [6, 6.07) is 5.75. The highest BCUT2D eigenvalue weighted by molar-refractivity contribution is 5.92. The molecule has 3 aromatic heterocycles. The minimum atomic E-state index is -0.0941. The van der Waals surface area contributed by atoms with Crippen molar-refractivity contribution in [3.8, 4) is 0 Å². The van der Waals surface area contributed by atoms with Crippen LogP contribution in [0.4, 0.5) is 5.82 Å². The maximum atomic E-state index is 12.6. The Balaban J connectivity index is 1.26. The fraction of sp³-hybridized carbons (Fsp3) is 0.471. The first-order valence-corrected chi connectivity index (χ1v) is 8.78. The maximum Gasteiger partial charge on any atom is 0.276 e. The Bertz CT molecular complexity index is 984. The molecule has 1 aliphatic heterocycles. The molecule has 26 heavy (non-hydrogen) atoms. The number of hydrogen-bond donors (Lipinski definition) is 0. The minimum Gasteiger partial charge on any atom is -0.360 e. The van der Waals surface area contributed by atoms with Crippen molar-refractivity contribution in [2.45, 2.75) is 31.7 Å². The van der Waals surface area contributed by atoms with Crippen LogP contribution in [-0.2, 0) is 0 Å². The summed E-state index contributed by atoms with van der Waals surface area (Å²) in [5.74, 6) is 2.80. The number of aromatic nitrogens is 5. The van der Waals surface area contributed by atoms with E-state index in [1.165, 1.54) is 0 Å². The molecule has 9 nitrogen and oxygen atoms in total. The summed E-state index contributed by atoms with van der Waals surface area (Å²) >= 11 is 0. The van der Waals surface area contributed by atoms with E-state index in [0.717, 1.165) is 49.0 Å². The highest BCUT2D eigenvalue weighted by Crippen LogP contribution is 2.40. The average molecular weight is 353 g/mol. The van der Waals surface area contributed by atoms with Gasteiger partial charge in [-0.05, 0) is 31.9 Å². The van der Waals surface area contributed by atoms with Crippen LogP contribution in [0.2, 0.25) is 0 Å². The van der Waals surface area contributed by atoms with Crippen molar-refractivity contribution >= 4 is 17.4 Å². The summed E-state index contributed by atoms with van der Waals surface area (Å²) in [6.07, 6.45) is 2.25. The van der Waals surface area contributed by atoms with Crippen LogP contribution in [0.1, 0.15) is 40.8 Å². The zero-order valence-electron chi connectivity index (χ0n) is 14.7. The fourth-order valence-corrected chi connectivity index (χ4v) is 3.24. The quantitative estimate of drug-likeness (QED) is 0.697. The second-order valence-corrected chi connectivity index (χ2v) is 7.07. The monoisotopic (exact) mass is 353 g/mol. The molecule has 3 aromatic rings. The summed E-state index contributed by atoms with van der Waals surface area (Å²) in [6.45, 7) is 3.33. The van der Waals surface area contributed by atoms with Gasteiger partial charge in [0.1, 0.15) is 11.6 Å². The van der Waals surface area contributed by atoms with Crippen LogP contribution < -0.4 is 4.90 Å². The Morgan fingerprint density at radius 3 is 2.85 bits per heavy atom. The second-order valence-electron chi connectivity index (χ2n) is 7.07. The molecule has 2 aliphatic rings. The number of hydrogen-bond acceptors (Lipinski definition) is 7. The van der Waals surface area contributed by atoms with E-state index in [0.29, 0.717) is 11.6 Å². The van der Waals surface area contributed by atoms with Crippen LogP contribution in [0.3, 0.4) is 0 Å². The molecule has 0 N–H and O–H groups in total. The van der Waals surface area contributed by atoms with E-state index in [9.17, 15) is 4.79 Å². The number of carbonyl (C=O) groups is 1. The Kier molecular flexibility index (Phi) is 3.25. The van der Waals surface area contributed by atoms with E-state index in [4.69, 9.17) is 4.52 Å². The highest BCUT2D eigenvalue weighted by atomic mass is 16.5. The van der Waals surface area contributed by atoms with E-state index in [-0.39, 0.29) is 11.9 Å². The first-order valence-electron chi connectivity index (χ1n) is 8.78. The van der Waals surface area contributed by atoms with Gasteiger partial charge in [0.2, 0.25) is 0 Å². The first-order chi connectivity index (χ1) is 12.6. The van der Waals surface area contributed by atoms with Crippen LogP contribution >= 0.6 is 0 Å². The maximum absolute atomic E-state index is 12.6. The number of carbonyl (C=O) groups excluding carboxylic acids is 1. The molecule has 1 amide bonds. The molecule has 0 bridgehead atoms. The second kappa shape index (κ2) is 5.52. The smallest absolute Gasteiger partial charge is 0.276 e. The van der Waals surface area contributed by atoms with Crippen molar-refractivity contribution in [3.05, 3.63) is 35.5 Å². The van der Waals surface area contributed by atoms with Gasteiger partial charge in [-0.25, -0.2) is 0 Å². The molecule has 0 radical (unpaired) electrons. The van der Waals surface area contributed by atoms with Crippen molar-refractivity contribution < 1.29 is 9.32 Å². The van der Waals surface area contributed by atoms with Crippen molar-refractivity contribution in [2.75, 3.05) is 25.0 Å². The van der Waals surface area contributed by atoms with Crippen molar-refractivity contribution in [1.29, 1.82) is 0 Å². The lowest BCUT2D eigenvalue weighted by molar-refractivity contribution is 0.0694. The van der Waals surface area contributed by atoms with Crippen LogP contribution in [0.25, 0.3) is 5.65 Å². The van der Waals surface area contributed by atoms with Gasteiger partial charge in [-0.2, -0.15) is 4.52 Å². The third-order valence-corrected chi connectivity index (χ3v) is 5.19. The van der Waals surface area contributed by atoms with Gasteiger partial charge in [-0.15, -0.1) is 15.3 Å². The Labute approximate surface area is 149 Å². The molecule has 5 rings (SSSR count). The Hall–Kier alpha value is -2.97. The number of nitrogens with zero attached hydrogens (tertiary/aromatic N) is 7. The summed E-state index contributed by atoms with van der Waals surface area (Å²) in [5.41, 5.74) is 1.13. The fourth-order valence-electron chi connectivity index (χ4n) is 3.24. The summed E-state index contributed by atoms with van der Waals surface area (Å²) < 4.78 is 7.02. The molecule has 1 saturated carbocycles. The van der Waals surface area contributed by atoms with E-state index >= 15 is 0 Å². The number of likely N-dealkylation sites (N-methyl/N-ethyl adjacent to an activating group) is 1. The molecule has 0 unspecified atom stereocenters. The molecule has 0 atom stereocenters. The number of fused-ring (bicyclic) bond motifs is 1. The van der Waals surface area contributed by atoms with Crippen LogP contribution in [-0.4, -0.2) is 62.0 Å².